The van der Waals surface area contributed by atoms with Gasteiger partial charge in [0.1, 0.15) is 18.1 Å². The topological polar surface area (TPSA) is 128 Å². The van der Waals surface area contributed by atoms with Crippen LogP contribution in [0.25, 0.3) is 0 Å². The second-order valence-corrected chi connectivity index (χ2v) is 9.10. The van der Waals surface area contributed by atoms with Crippen LogP contribution in [0.2, 0.25) is 0 Å². The SMILES string of the molecule is CC(C)CC(NC(=O)C(NC(=O)C1CCCN1)C(C)C)C(=O)N1CCCC1C(=O)O. The van der Waals surface area contributed by atoms with Crippen molar-refractivity contribution in [2.24, 2.45) is 11.8 Å². The lowest BCUT2D eigenvalue weighted by Gasteiger charge is -2.30. The molecule has 2 fully saturated rings. The first-order valence-corrected chi connectivity index (χ1v) is 11.0. The molecule has 4 unspecified atom stereocenters. The summed E-state index contributed by atoms with van der Waals surface area (Å²) in [6.07, 6.45) is 3.10. The molecule has 0 bridgehead atoms. The van der Waals surface area contributed by atoms with E-state index in [1.165, 1.54) is 4.90 Å². The van der Waals surface area contributed by atoms with Crippen LogP contribution >= 0.6 is 0 Å². The number of carbonyl (C=O) groups excluding carboxylic acids is 3. The molecule has 4 N–H and O–H groups in total. The number of rotatable bonds is 9. The minimum absolute atomic E-state index is 0.125. The van der Waals surface area contributed by atoms with E-state index in [1.54, 1.807) is 0 Å². The third-order valence-corrected chi connectivity index (χ3v) is 5.77. The van der Waals surface area contributed by atoms with Gasteiger partial charge >= 0.3 is 5.97 Å². The second kappa shape index (κ2) is 10.7. The van der Waals surface area contributed by atoms with E-state index in [2.05, 4.69) is 16.0 Å². The normalized spacial score (nSPS) is 23.5. The Morgan fingerprint density at radius 3 is 2.30 bits per heavy atom. The minimum Gasteiger partial charge on any atom is -0.480 e. The molecule has 0 saturated carbocycles. The van der Waals surface area contributed by atoms with Crippen LogP contribution in [0.1, 0.15) is 59.8 Å². The number of nitrogens with zero attached hydrogens (tertiary/aromatic N) is 1. The van der Waals surface area contributed by atoms with Crippen molar-refractivity contribution in [3.8, 4) is 0 Å². The maximum Gasteiger partial charge on any atom is 0.326 e. The van der Waals surface area contributed by atoms with Crippen LogP contribution in [0.5, 0.6) is 0 Å². The molecule has 2 heterocycles. The predicted molar refractivity (Wildman–Crippen MR) is 112 cm³/mol. The first-order valence-electron chi connectivity index (χ1n) is 11.0. The summed E-state index contributed by atoms with van der Waals surface area (Å²) in [6, 6.07) is -2.73. The van der Waals surface area contributed by atoms with Crippen molar-refractivity contribution >= 4 is 23.7 Å². The largest absolute Gasteiger partial charge is 0.480 e. The fourth-order valence-corrected chi connectivity index (χ4v) is 4.14. The Balaban J connectivity index is 2.10. The number of carboxylic acids is 1. The fraction of sp³-hybridized carbons (Fsp3) is 0.810. The van der Waals surface area contributed by atoms with Gasteiger partial charge in [0.2, 0.25) is 17.7 Å². The van der Waals surface area contributed by atoms with Gasteiger partial charge < -0.3 is 26.0 Å². The van der Waals surface area contributed by atoms with Crippen LogP contribution in [-0.2, 0) is 19.2 Å². The third-order valence-electron chi connectivity index (χ3n) is 5.77. The molecule has 170 valence electrons. The van der Waals surface area contributed by atoms with E-state index in [9.17, 15) is 24.3 Å². The number of likely N-dealkylation sites (tertiary alicyclic amines) is 1. The van der Waals surface area contributed by atoms with Gasteiger partial charge in [0.05, 0.1) is 6.04 Å². The number of hydrogen-bond donors (Lipinski definition) is 4. The van der Waals surface area contributed by atoms with E-state index in [-0.39, 0.29) is 29.7 Å². The van der Waals surface area contributed by atoms with E-state index in [4.69, 9.17) is 0 Å². The van der Waals surface area contributed by atoms with E-state index >= 15 is 0 Å². The Morgan fingerprint density at radius 1 is 1.07 bits per heavy atom. The molecule has 0 aromatic rings. The van der Waals surface area contributed by atoms with Crippen molar-refractivity contribution in [1.82, 2.24) is 20.9 Å². The van der Waals surface area contributed by atoms with Gasteiger partial charge in [-0.25, -0.2) is 4.79 Å². The summed E-state index contributed by atoms with van der Waals surface area (Å²) < 4.78 is 0. The summed E-state index contributed by atoms with van der Waals surface area (Å²) in [5.41, 5.74) is 0. The molecule has 2 saturated heterocycles. The lowest BCUT2D eigenvalue weighted by molar-refractivity contribution is -0.149. The zero-order chi connectivity index (χ0) is 22.4. The fourth-order valence-electron chi connectivity index (χ4n) is 4.14. The lowest BCUT2D eigenvalue weighted by Crippen LogP contribution is -2.58. The van der Waals surface area contributed by atoms with Gasteiger partial charge in [-0.05, 0) is 50.5 Å². The van der Waals surface area contributed by atoms with Gasteiger partial charge in [-0.1, -0.05) is 27.7 Å². The molecular weight excluding hydrogens is 388 g/mol. The maximum atomic E-state index is 13.1. The number of carbonyl (C=O) groups is 4. The molecule has 3 amide bonds. The van der Waals surface area contributed by atoms with E-state index in [1.807, 2.05) is 27.7 Å². The van der Waals surface area contributed by atoms with Crippen molar-refractivity contribution in [2.45, 2.75) is 84.0 Å². The van der Waals surface area contributed by atoms with Crippen molar-refractivity contribution in [3.63, 3.8) is 0 Å². The highest BCUT2D eigenvalue weighted by Crippen LogP contribution is 2.20. The molecule has 9 nitrogen and oxygen atoms in total. The maximum absolute atomic E-state index is 13.1. The summed E-state index contributed by atoms with van der Waals surface area (Å²) in [6.45, 7) is 8.72. The molecule has 0 aromatic heterocycles. The summed E-state index contributed by atoms with van der Waals surface area (Å²) in [5, 5.41) is 18.1. The molecule has 30 heavy (non-hydrogen) atoms. The van der Waals surface area contributed by atoms with Gasteiger partial charge in [-0.3, -0.25) is 14.4 Å². The number of carboxylic acid groups (broad SMARTS) is 1. The summed E-state index contributed by atoms with van der Waals surface area (Å²) >= 11 is 0. The van der Waals surface area contributed by atoms with Crippen molar-refractivity contribution < 1.29 is 24.3 Å². The first-order chi connectivity index (χ1) is 14.1. The average Bonchev–Trinajstić information content (AvgIpc) is 3.35. The van der Waals surface area contributed by atoms with Crippen LogP contribution in [0.4, 0.5) is 0 Å². The average molecular weight is 425 g/mol. The van der Waals surface area contributed by atoms with E-state index in [0.29, 0.717) is 25.8 Å². The highest BCUT2D eigenvalue weighted by molar-refractivity contribution is 5.94. The van der Waals surface area contributed by atoms with E-state index < -0.39 is 30.0 Å². The molecule has 2 aliphatic heterocycles. The van der Waals surface area contributed by atoms with Crippen LogP contribution in [0.15, 0.2) is 0 Å². The molecule has 0 aromatic carbocycles. The number of nitrogens with one attached hydrogen (secondary N) is 3. The predicted octanol–water partition coefficient (Wildman–Crippen LogP) is 0.486. The Bertz CT molecular complexity index is 645. The monoisotopic (exact) mass is 424 g/mol. The molecule has 0 radical (unpaired) electrons. The van der Waals surface area contributed by atoms with Gasteiger partial charge in [0, 0.05) is 6.54 Å². The van der Waals surface area contributed by atoms with Crippen LogP contribution in [0.3, 0.4) is 0 Å². The van der Waals surface area contributed by atoms with Gasteiger partial charge in [-0.2, -0.15) is 0 Å². The number of hydrogen-bond acceptors (Lipinski definition) is 5. The van der Waals surface area contributed by atoms with Gasteiger partial charge in [0.25, 0.3) is 0 Å². The molecular formula is C21H36N4O5. The lowest BCUT2D eigenvalue weighted by atomic mass is 9.99. The van der Waals surface area contributed by atoms with Gasteiger partial charge in [0.15, 0.2) is 0 Å². The Morgan fingerprint density at radius 2 is 1.77 bits per heavy atom. The third kappa shape index (κ3) is 6.17. The summed E-state index contributed by atoms with van der Waals surface area (Å²) in [5.74, 6) is -2.05. The summed E-state index contributed by atoms with van der Waals surface area (Å²) in [4.78, 5) is 51.5. The standard InChI is InChI=1S/C21H36N4O5/c1-12(2)11-15(20(28)25-10-6-8-16(25)21(29)30)23-19(27)17(13(3)4)24-18(26)14-7-5-9-22-14/h12-17,22H,5-11H2,1-4H3,(H,23,27)(H,24,26)(H,29,30). The molecule has 2 rings (SSSR count). The molecule has 0 aliphatic carbocycles. The Labute approximate surface area is 178 Å². The first kappa shape index (κ1) is 24.1. The van der Waals surface area contributed by atoms with E-state index in [0.717, 1.165) is 19.4 Å². The van der Waals surface area contributed by atoms with Crippen molar-refractivity contribution in [2.75, 3.05) is 13.1 Å². The highest BCUT2D eigenvalue weighted by atomic mass is 16.4. The van der Waals surface area contributed by atoms with Crippen LogP contribution < -0.4 is 16.0 Å². The molecule has 9 heteroatoms. The zero-order valence-electron chi connectivity index (χ0n) is 18.4. The Kier molecular flexibility index (Phi) is 8.64. The minimum atomic E-state index is -1.02. The smallest absolute Gasteiger partial charge is 0.326 e. The second-order valence-electron chi connectivity index (χ2n) is 9.10. The highest BCUT2D eigenvalue weighted by Gasteiger charge is 2.39. The molecule has 2 aliphatic rings. The number of amides is 3. The molecule has 0 spiro atoms. The van der Waals surface area contributed by atoms with Crippen molar-refractivity contribution in [1.29, 1.82) is 0 Å². The van der Waals surface area contributed by atoms with Gasteiger partial charge in [-0.15, -0.1) is 0 Å². The molecule has 4 atom stereocenters. The zero-order valence-corrected chi connectivity index (χ0v) is 18.4. The van der Waals surface area contributed by atoms with Crippen molar-refractivity contribution in [3.05, 3.63) is 0 Å². The van der Waals surface area contributed by atoms with Crippen LogP contribution in [0, 0.1) is 11.8 Å². The summed E-state index contributed by atoms with van der Waals surface area (Å²) in [7, 11) is 0. The quantitative estimate of drug-likeness (QED) is 0.426. The van der Waals surface area contributed by atoms with Crippen LogP contribution in [-0.4, -0.2) is 71.0 Å². The number of aliphatic carboxylic acids is 1. The Hall–Kier alpha value is -2.16.